The molecule has 140 valence electrons. The Bertz CT molecular complexity index is 907. The molecule has 1 aromatic rings. The highest BCUT2D eigenvalue weighted by atomic mass is 16.2. The first-order chi connectivity index (χ1) is 12.9. The van der Waals surface area contributed by atoms with Gasteiger partial charge < -0.3 is 10.6 Å². The van der Waals surface area contributed by atoms with Crippen molar-refractivity contribution in [1.82, 2.24) is 10.2 Å². The van der Waals surface area contributed by atoms with Crippen LogP contribution in [0.1, 0.15) is 46.4 Å². The zero-order valence-electron chi connectivity index (χ0n) is 14.7. The van der Waals surface area contributed by atoms with Crippen LogP contribution in [0.15, 0.2) is 18.2 Å². The van der Waals surface area contributed by atoms with Crippen LogP contribution in [0.4, 0.5) is 5.69 Å². The minimum Gasteiger partial charge on any atom is -0.369 e. The van der Waals surface area contributed by atoms with Crippen molar-refractivity contribution in [3.63, 3.8) is 0 Å². The smallest absolute Gasteiger partial charge is 0.262 e. The topological polar surface area (TPSA) is 113 Å². The summed E-state index contributed by atoms with van der Waals surface area (Å²) in [5, 5.41) is 2.20. The number of hydrogen-bond acceptors (Lipinski definition) is 6. The lowest BCUT2D eigenvalue weighted by molar-refractivity contribution is -0.136. The molecule has 3 heterocycles. The number of imide groups is 2. The number of hydrogen-bond donors (Lipinski definition) is 2. The molecule has 5 rings (SSSR count). The lowest BCUT2D eigenvalue weighted by Gasteiger charge is -2.27. The van der Waals surface area contributed by atoms with Gasteiger partial charge in [-0.2, -0.15) is 0 Å². The second-order valence-corrected chi connectivity index (χ2v) is 8.03. The van der Waals surface area contributed by atoms with Crippen molar-refractivity contribution in [2.24, 2.45) is 11.1 Å². The number of anilines is 1. The Labute approximate surface area is 155 Å². The zero-order chi connectivity index (χ0) is 18.9. The first kappa shape index (κ1) is 16.4. The minimum atomic E-state index is -0.937. The van der Waals surface area contributed by atoms with Crippen molar-refractivity contribution in [2.45, 2.75) is 37.8 Å². The Morgan fingerprint density at radius 2 is 1.81 bits per heavy atom. The van der Waals surface area contributed by atoms with Crippen LogP contribution in [0.3, 0.4) is 0 Å². The molecule has 2 unspecified atom stereocenters. The van der Waals surface area contributed by atoms with Crippen molar-refractivity contribution in [1.29, 1.82) is 0 Å². The van der Waals surface area contributed by atoms with Crippen LogP contribution < -0.4 is 16.0 Å². The summed E-state index contributed by atoms with van der Waals surface area (Å²) in [6, 6.07) is 4.42. The average molecular weight is 368 g/mol. The number of piperidine rings is 1. The van der Waals surface area contributed by atoms with E-state index in [0.29, 0.717) is 11.1 Å². The van der Waals surface area contributed by atoms with Crippen LogP contribution in [0.2, 0.25) is 0 Å². The highest BCUT2D eigenvalue weighted by molar-refractivity contribution is 6.23. The molecule has 3 aliphatic heterocycles. The third-order valence-corrected chi connectivity index (χ3v) is 6.39. The summed E-state index contributed by atoms with van der Waals surface area (Å²) in [5.74, 6) is -1.93. The molecule has 4 aliphatic rings. The molecule has 3 N–H and O–H groups in total. The molecule has 1 spiro atoms. The molecule has 27 heavy (non-hydrogen) atoms. The van der Waals surface area contributed by atoms with Crippen LogP contribution in [-0.2, 0) is 9.59 Å². The fourth-order valence-corrected chi connectivity index (χ4v) is 4.53. The van der Waals surface area contributed by atoms with Crippen molar-refractivity contribution in [3.8, 4) is 0 Å². The van der Waals surface area contributed by atoms with Gasteiger partial charge in [0.1, 0.15) is 6.04 Å². The van der Waals surface area contributed by atoms with Gasteiger partial charge in [0.15, 0.2) is 0 Å². The molecule has 3 fully saturated rings. The molecule has 1 aromatic carbocycles. The Balaban J connectivity index is 1.43. The third-order valence-electron chi connectivity index (χ3n) is 6.39. The lowest BCUT2D eigenvalue weighted by atomic mass is 10.0. The minimum absolute atomic E-state index is 0.114. The van der Waals surface area contributed by atoms with Gasteiger partial charge in [0.05, 0.1) is 11.1 Å². The number of nitrogens with zero attached hydrogens (tertiary/aromatic N) is 2. The largest absolute Gasteiger partial charge is 0.369 e. The molecule has 2 saturated heterocycles. The van der Waals surface area contributed by atoms with E-state index in [0.717, 1.165) is 36.5 Å². The molecule has 0 bridgehead atoms. The molecule has 0 aromatic heterocycles. The summed E-state index contributed by atoms with van der Waals surface area (Å²) >= 11 is 0. The first-order valence-corrected chi connectivity index (χ1v) is 9.26. The summed E-state index contributed by atoms with van der Waals surface area (Å²) in [4.78, 5) is 52.3. The highest BCUT2D eigenvalue weighted by Gasteiger charge is 2.53. The number of nitrogens with one attached hydrogen (secondary N) is 1. The predicted molar refractivity (Wildman–Crippen MR) is 95.0 cm³/mol. The average Bonchev–Trinajstić information content (AvgIpc) is 3.29. The summed E-state index contributed by atoms with van der Waals surface area (Å²) in [6.07, 6.45) is 2.54. The van der Waals surface area contributed by atoms with Crippen molar-refractivity contribution in [3.05, 3.63) is 29.3 Å². The van der Waals surface area contributed by atoms with Gasteiger partial charge in [-0.25, -0.2) is 0 Å². The predicted octanol–water partition coefficient (Wildman–Crippen LogP) is 0.0153. The Kier molecular flexibility index (Phi) is 3.28. The maximum Gasteiger partial charge on any atom is 0.262 e. The number of fused-ring (bicyclic) bond motifs is 1. The Morgan fingerprint density at radius 3 is 2.48 bits per heavy atom. The second kappa shape index (κ2) is 5.39. The second-order valence-electron chi connectivity index (χ2n) is 8.03. The van der Waals surface area contributed by atoms with E-state index in [1.807, 2.05) is 6.07 Å². The fraction of sp³-hybridized carbons (Fsp3) is 0.474. The standard InChI is InChI=1S/C19H20N4O4/c20-14-8-22(9-19(14)5-6-19)10-1-2-11-12(7-10)18(27)23(17(11)26)13-3-4-15(24)21-16(13)25/h1-2,7,13-14H,3-6,8-9,20H2,(H,21,24,25). The number of carbonyl (C=O) groups excluding carboxylic acids is 4. The van der Waals surface area contributed by atoms with Gasteiger partial charge in [-0.15, -0.1) is 0 Å². The number of rotatable bonds is 2. The van der Waals surface area contributed by atoms with Crippen molar-refractivity contribution < 1.29 is 19.2 Å². The van der Waals surface area contributed by atoms with E-state index in [2.05, 4.69) is 10.2 Å². The summed E-state index contributed by atoms with van der Waals surface area (Å²) in [5.41, 5.74) is 7.96. The van der Waals surface area contributed by atoms with Crippen LogP contribution in [-0.4, -0.2) is 53.7 Å². The molecule has 2 atom stereocenters. The van der Waals surface area contributed by atoms with E-state index in [1.165, 1.54) is 0 Å². The maximum absolute atomic E-state index is 12.9. The van der Waals surface area contributed by atoms with Crippen molar-refractivity contribution in [2.75, 3.05) is 18.0 Å². The molecule has 4 amide bonds. The van der Waals surface area contributed by atoms with Crippen LogP contribution >= 0.6 is 0 Å². The van der Waals surface area contributed by atoms with Gasteiger partial charge in [0.2, 0.25) is 11.8 Å². The molecule has 1 aliphatic carbocycles. The number of amides is 4. The van der Waals surface area contributed by atoms with Gasteiger partial charge in [-0.1, -0.05) is 0 Å². The van der Waals surface area contributed by atoms with E-state index < -0.39 is 23.8 Å². The van der Waals surface area contributed by atoms with Crippen LogP contribution in [0, 0.1) is 5.41 Å². The van der Waals surface area contributed by atoms with Crippen LogP contribution in [0.25, 0.3) is 0 Å². The van der Waals surface area contributed by atoms with E-state index in [-0.39, 0.29) is 30.2 Å². The van der Waals surface area contributed by atoms with E-state index in [9.17, 15) is 19.2 Å². The Hall–Kier alpha value is -2.74. The fourth-order valence-electron chi connectivity index (χ4n) is 4.53. The highest BCUT2D eigenvalue weighted by Crippen LogP contribution is 2.52. The van der Waals surface area contributed by atoms with E-state index in [4.69, 9.17) is 5.73 Å². The SMILES string of the molecule is NC1CN(c2ccc3c(c2)C(=O)N(C2CCC(=O)NC2=O)C3=O)CC12CC2. The molecule has 8 nitrogen and oxygen atoms in total. The molecule has 0 radical (unpaired) electrons. The quantitative estimate of drug-likeness (QED) is 0.712. The Morgan fingerprint density at radius 1 is 1.07 bits per heavy atom. The van der Waals surface area contributed by atoms with E-state index in [1.54, 1.807) is 12.1 Å². The number of carbonyl (C=O) groups is 4. The maximum atomic E-state index is 12.9. The van der Waals surface area contributed by atoms with Gasteiger partial charge >= 0.3 is 0 Å². The summed E-state index contributed by atoms with van der Waals surface area (Å²) in [7, 11) is 0. The van der Waals surface area contributed by atoms with Crippen molar-refractivity contribution >= 4 is 29.3 Å². The van der Waals surface area contributed by atoms with E-state index >= 15 is 0 Å². The van der Waals surface area contributed by atoms with Crippen LogP contribution in [0.5, 0.6) is 0 Å². The summed E-state index contributed by atoms with van der Waals surface area (Å²) < 4.78 is 0. The molecular weight excluding hydrogens is 348 g/mol. The normalized spacial score (nSPS) is 28.8. The number of benzene rings is 1. The molecular formula is C19H20N4O4. The zero-order valence-corrected chi connectivity index (χ0v) is 14.7. The molecule has 8 heteroatoms. The number of nitrogens with two attached hydrogens (primary N) is 1. The first-order valence-electron chi connectivity index (χ1n) is 9.26. The van der Waals surface area contributed by atoms with Gasteiger partial charge in [0, 0.05) is 36.7 Å². The molecule has 1 saturated carbocycles. The third kappa shape index (κ3) is 2.32. The summed E-state index contributed by atoms with van der Waals surface area (Å²) in [6.45, 7) is 1.60. The van der Waals surface area contributed by atoms with Gasteiger partial charge in [0.25, 0.3) is 11.8 Å². The lowest BCUT2D eigenvalue weighted by Crippen LogP contribution is -2.54. The van der Waals surface area contributed by atoms with Gasteiger partial charge in [-0.3, -0.25) is 29.4 Å². The monoisotopic (exact) mass is 368 g/mol. The van der Waals surface area contributed by atoms with Gasteiger partial charge in [-0.05, 0) is 37.5 Å².